The minimum Gasteiger partial charge on any atom is -0.380 e. The minimum atomic E-state index is -0.532. The molecule has 0 saturated carbocycles. The fraction of sp³-hybridized carbons (Fsp3) is 0.500. The van der Waals surface area contributed by atoms with Gasteiger partial charge in [-0.05, 0) is 25.5 Å². The number of rotatable bonds is 9. The molecule has 0 spiro atoms. The van der Waals surface area contributed by atoms with Crippen molar-refractivity contribution >= 4 is 17.3 Å². The summed E-state index contributed by atoms with van der Waals surface area (Å²) in [6, 6.07) is 4.68. The Morgan fingerprint density at radius 2 is 2.10 bits per heavy atom. The van der Waals surface area contributed by atoms with Crippen LogP contribution in [-0.2, 0) is 4.74 Å². The molecule has 0 radical (unpaired) electrons. The normalized spacial score (nSPS) is 10.2. The third kappa shape index (κ3) is 5.03. The van der Waals surface area contributed by atoms with Gasteiger partial charge in [0.1, 0.15) is 11.3 Å². The molecule has 7 heteroatoms. The molecular weight excluding hydrogens is 274 g/mol. The first-order chi connectivity index (χ1) is 10.1. The van der Waals surface area contributed by atoms with Crippen LogP contribution in [0.1, 0.15) is 30.6 Å². The summed E-state index contributed by atoms with van der Waals surface area (Å²) < 4.78 is 5.11. The average molecular weight is 295 g/mol. The van der Waals surface area contributed by atoms with Crippen molar-refractivity contribution in [2.24, 2.45) is 0 Å². The van der Waals surface area contributed by atoms with E-state index in [1.54, 1.807) is 12.1 Å². The van der Waals surface area contributed by atoms with Crippen LogP contribution < -0.4 is 10.6 Å². The molecule has 2 N–H and O–H groups in total. The van der Waals surface area contributed by atoms with E-state index in [0.29, 0.717) is 32.0 Å². The first kappa shape index (κ1) is 16.9. The van der Waals surface area contributed by atoms with Crippen molar-refractivity contribution in [1.29, 1.82) is 0 Å². The van der Waals surface area contributed by atoms with Crippen LogP contribution in [0.3, 0.4) is 0 Å². The first-order valence-electron chi connectivity index (χ1n) is 6.99. The number of nitrogens with zero attached hydrogens (tertiary/aromatic N) is 1. The molecule has 0 aliphatic rings. The molecule has 1 amide bonds. The highest BCUT2D eigenvalue weighted by atomic mass is 16.6. The number of benzene rings is 1. The van der Waals surface area contributed by atoms with Crippen LogP contribution in [0.25, 0.3) is 0 Å². The fourth-order valence-corrected chi connectivity index (χ4v) is 1.80. The van der Waals surface area contributed by atoms with Gasteiger partial charge in [0.2, 0.25) is 0 Å². The Labute approximate surface area is 123 Å². The van der Waals surface area contributed by atoms with E-state index in [-0.39, 0.29) is 11.3 Å². The van der Waals surface area contributed by atoms with Crippen molar-refractivity contribution < 1.29 is 14.5 Å². The Hall–Kier alpha value is -2.15. The summed E-state index contributed by atoms with van der Waals surface area (Å²) in [5.74, 6) is -0.471. The number of nitro groups is 1. The Morgan fingerprint density at radius 1 is 1.33 bits per heavy atom. The van der Waals surface area contributed by atoms with Crippen molar-refractivity contribution in [3.05, 3.63) is 33.9 Å². The van der Waals surface area contributed by atoms with Gasteiger partial charge in [0.25, 0.3) is 5.91 Å². The average Bonchev–Trinajstić information content (AvgIpc) is 2.48. The van der Waals surface area contributed by atoms with Crippen LogP contribution in [0, 0.1) is 10.1 Å². The van der Waals surface area contributed by atoms with Gasteiger partial charge in [-0.25, -0.2) is 0 Å². The molecule has 0 heterocycles. The van der Waals surface area contributed by atoms with Gasteiger partial charge < -0.3 is 15.4 Å². The molecule has 1 aromatic rings. The van der Waals surface area contributed by atoms with Crippen LogP contribution in [0.15, 0.2) is 18.2 Å². The second-order valence-electron chi connectivity index (χ2n) is 4.34. The van der Waals surface area contributed by atoms with E-state index in [1.807, 2.05) is 13.8 Å². The maximum Gasteiger partial charge on any atom is 0.305 e. The number of nitro benzene ring substituents is 1. The molecular formula is C14H21N3O4. The summed E-state index contributed by atoms with van der Waals surface area (Å²) in [6.07, 6.45) is 0.835. The number of anilines is 1. The molecule has 0 saturated heterocycles. The van der Waals surface area contributed by atoms with E-state index < -0.39 is 10.8 Å². The molecule has 1 aromatic carbocycles. The molecule has 0 atom stereocenters. The number of carbonyl (C=O) groups is 1. The molecule has 0 aliphatic heterocycles. The van der Waals surface area contributed by atoms with Crippen molar-refractivity contribution in [3.63, 3.8) is 0 Å². The van der Waals surface area contributed by atoms with E-state index in [0.717, 1.165) is 6.42 Å². The number of nitrogens with one attached hydrogen (secondary N) is 2. The van der Waals surface area contributed by atoms with Crippen molar-refractivity contribution in [3.8, 4) is 0 Å². The second-order valence-corrected chi connectivity index (χ2v) is 4.34. The van der Waals surface area contributed by atoms with Gasteiger partial charge in [0.15, 0.2) is 0 Å². The van der Waals surface area contributed by atoms with E-state index in [4.69, 9.17) is 4.74 Å². The van der Waals surface area contributed by atoms with Gasteiger partial charge in [-0.2, -0.15) is 0 Å². The number of amides is 1. The number of hydrogen-bond donors (Lipinski definition) is 2. The maximum absolute atomic E-state index is 12.1. The van der Waals surface area contributed by atoms with Crippen LogP contribution in [0.5, 0.6) is 0 Å². The van der Waals surface area contributed by atoms with Crippen molar-refractivity contribution in [1.82, 2.24) is 5.32 Å². The molecule has 0 unspecified atom stereocenters. The zero-order valence-electron chi connectivity index (χ0n) is 12.3. The number of para-hydroxylation sites is 1. The third-order valence-electron chi connectivity index (χ3n) is 2.76. The van der Waals surface area contributed by atoms with Gasteiger partial charge in [-0.15, -0.1) is 0 Å². The van der Waals surface area contributed by atoms with Gasteiger partial charge in [0.05, 0.1) is 11.5 Å². The highest BCUT2D eigenvalue weighted by Gasteiger charge is 2.23. The largest absolute Gasteiger partial charge is 0.380 e. The summed E-state index contributed by atoms with van der Waals surface area (Å²) in [5, 5.41) is 16.8. The highest BCUT2D eigenvalue weighted by Crippen LogP contribution is 2.28. The van der Waals surface area contributed by atoms with E-state index >= 15 is 0 Å². The molecule has 21 heavy (non-hydrogen) atoms. The third-order valence-corrected chi connectivity index (χ3v) is 2.76. The van der Waals surface area contributed by atoms with Crippen LogP contribution in [0.2, 0.25) is 0 Å². The first-order valence-corrected chi connectivity index (χ1v) is 6.99. The molecule has 0 aliphatic carbocycles. The van der Waals surface area contributed by atoms with Crippen molar-refractivity contribution in [2.45, 2.75) is 20.3 Å². The van der Waals surface area contributed by atoms with Gasteiger partial charge in [-0.3, -0.25) is 14.9 Å². The van der Waals surface area contributed by atoms with E-state index in [1.165, 1.54) is 6.07 Å². The molecule has 7 nitrogen and oxygen atoms in total. The van der Waals surface area contributed by atoms with Crippen LogP contribution in [-0.4, -0.2) is 37.1 Å². The summed E-state index contributed by atoms with van der Waals surface area (Å²) in [4.78, 5) is 22.8. The summed E-state index contributed by atoms with van der Waals surface area (Å²) >= 11 is 0. The minimum absolute atomic E-state index is 0.0533. The van der Waals surface area contributed by atoms with Gasteiger partial charge in [0, 0.05) is 19.7 Å². The Morgan fingerprint density at radius 3 is 2.71 bits per heavy atom. The predicted octanol–water partition coefficient (Wildman–Crippen LogP) is 2.18. The van der Waals surface area contributed by atoms with Crippen LogP contribution in [0.4, 0.5) is 11.4 Å². The van der Waals surface area contributed by atoms with Crippen LogP contribution >= 0.6 is 0 Å². The highest BCUT2D eigenvalue weighted by molar-refractivity contribution is 6.00. The van der Waals surface area contributed by atoms with E-state index in [2.05, 4.69) is 10.6 Å². The maximum atomic E-state index is 12.1. The molecule has 0 aromatic heterocycles. The zero-order chi connectivity index (χ0) is 15.7. The van der Waals surface area contributed by atoms with Gasteiger partial charge in [-0.1, -0.05) is 13.0 Å². The zero-order valence-corrected chi connectivity index (χ0v) is 12.3. The molecule has 0 bridgehead atoms. The molecule has 0 fully saturated rings. The lowest BCUT2D eigenvalue weighted by atomic mass is 10.1. The van der Waals surface area contributed by atoms with Crippen molar-refractivity contribution in [2.75, 3.05) is 31.6 Å². The molecule has 1 rings (SSSR count). The Balaban J connectivity index is 2.89. The topological polar surface area (TPSA) is 93.5 Å². The summed E-state index contributed by atoms with van der Waals surface area (Å²) in [6.45, 7) is 5.68. The summed E-state index contributed by atoms with van der Waals surface area (Å²) in [5.41, 5.74) is 0.219. The quantitative estimate of drug-likeness (QED) is 0.414. The summed E-state index contributed by atoms with van der Waals surface area (Å²) in [7, 11) is 0. The monoisotopic (exact) mass is 295 g/mol. The standard InChI is InChI=1S/C14H21N3O4/c1-3-8-15-12-7-5-6-11(13(12)17(19)20)14(18)16-9-10-21-4-2/h5-7,15H,3-4,8-10H2,1-2H3,(H,16,18). The number of carbonyl (C=O) groups excluding carboxylic acids is 1. The lowest BCUT2D eigenvalue weighted by molar-refractivity contribution is -0.384. The van der Waals surface area contributed by atoms with E-state index in [9.17, 15) is 14.9 Å². The lowest BCUT2D eigenvalue weighted by Crippen LogP contribution is -2.28. The number of hydrogen-bond acceptors (Lipinski definition) is 5. The molecule has 116 valence electrons. The second kappa shape index (κ2) is 8.91. The predicted molar refractivity (Wildman–Crippen MR) is 80.7 cm³/mol. The Bertz CT molecular complexity index is 491. The van der Waals surface area contributed by atoms with Gasteiger partial charge >= 0.3 is 5.69 Å². The Kier molecular flexibility index (Phi) is 7.17. The SMILES string of the molecule is CCCNc1cccc(C(=O)NCCOCC)c1[N+](=O)[O-]. The number of ether oxygens (including phenoxy) is 1. The lowest BCUT2D eigenvalue weighted by Gasteiger charge is -2.10. The smallest absolute Gasteiger partial charge is 0.305 e. The fourth-order valence-electron chi connectivity index (χ4n) is 1.80.